The molecule has 0 atom stereocenters. The van der Waals surface area contributed by atoms with Crippen molar-refractivity contribution in [3.63, 3.8) is 0 Å². The molecule has 0 heterocycles. The molecule has 0 bridgehead atoms. The third-order valence-electron chi connectivity index (χ3n) is 3.33. The van der Waals surface area contributed by atoms with Crippen LogP contribution in [0.15, 0.2) is 42.5 Å². The molecule has 0 radical (unpaired) electrons. The number of hydrogen-bond acceptors (Lipinski definition) is 2. The van der Waals surface area contributed by atoms with Gasteiger partial charge in [-0.1, -0.05) is 44.2 Å². The molecule has 0 aromatic heterocycles. The zero-order chi connectivity index (χ0) is 14.7. The molecule has 104 valence electrons. The Morgan fingerprint density at radius 2 is 1.85 bits per heavy atom. The molecule has 0 aliphatic heterocycles. The number of aromatic carboxylic acids is 1. The van der Waals surface area contributed by atoms with Gasteiger partial charge in [0.15, 0.2) is 0 Å². The summed E-state index contributed by atoms with van der Waals surface area (Å²) in [5.41, 5.74) is 3.49. The predicted octanol–water partition coefficient (Wildman–Crippen LogP) is 4.18. The molecular weight excluding hydrogens is 252 g/mol. The van der Waals surface area contributed by atoms with Gasteiger partial charge in [0.05, 0.1) is 7.11 Å². The van der Waals surface area contributed by atoms with E-state index in [-0.39, 0.29) is 5.56 Å². The van der Waals surface area contributed by atoms with Crippen LogP contribution in [0.25, 0.3) is 11.1 Å². The number of methoxy groups -OCH3 is 1. The summed E-state index contributed by atoms with van der Waals surface area (Å²) in [6.45, 7) is 4.28. The van der Waals surface area contributed by atoms with Crippen LogP contribution in [0.5, 0.6) is 5.75 Å². The van der Waals surface area contributed by atoms with Crippen molar-refractivity contribution in [3.05, 3.63) is 53.6 Å². The average molecular weight is 270 g/mol. The normalized spacial score (nSPS) is 10.6. The minimum absolute atomic E-state index is 0.179. The molecule has 0 amide bonds. The molecule has 3 nitrogen and oxygen atoms in total. The van der Waals surface area contributed by atoms with Crippen LogP contribution in [-0.2, 0) is 0 Å². The van der Waals surface area contributed by atoms with Crippen LogP contribution in [0.3, 0.4) is 0 Å². The van der Waals surface area contributed by atoms with Crippen LogP contribution in [0.1, 0.15) is 35.7 Å². The highest BCUT2D eigenvalue weighted by Crippen LogP contribution is 2.32. The van der Waals surface area contributed by atoms with Crippen LogP contribution in [0.2, 0.25) is 0 Å². The van der Waals surface area contributed by atoms with Gasteiger partial charge in [-0.25, -0.2) is 4.79 Å². The Morgan fingerprint density at radius 1 is 1.15 bits per heavy atom. The first-order valence-corrected chi connectivity index (χ1v) is 6.55. The third-order valence-corrected chi connectivity index (χ3v) is 3.33. The van der Waals surface area contributed by atoms with E-state index < -0.39 is 5.97 Å². The van der Waals surface area contributed by atoms with Crippen molar-refractivity contribution in [3.8, 4) is 16.9 Å². The number of rotatable bonds is 4. The first-order chi connectivity index (χ1) is 9.54. The quantitative estimate of drug-likeness (QED) is 0.906. The van der Waals surface area contributed by atoms with E-state index >= 15 is 0 Å². The van der Waals surface area contributed by atoms with Crippen LogP contribution in [-0.4, -0.2) is 18.2 Å². The topological polar surface area (TPSA) is 46.5 Å². The first-order valence-electron chi connectivity index (χ1n) is 6.55. The largest absolute Gasteiger partial charge is 0.496 e. The molecule has 1 N–H and O–H groups in total. The fourth-order valence-electron chi connectivity index (χ4n) is 2.30. The van der Waals surface area contributed by atoms with Gasteiger partial charge >= 0.3 is 5.97 Å². The third kappa shape index (κ3) is 2.67. The van der Waals surface area contributed by atoms with Gasteiger partial charge in [-0.15, -0.1) is 0 Å². The van der Waals surface area contributed by atoms with Crippen molar-refractivity contribution in [2.24, 2.45) is 0 Å². The van der Waals surface area contributed by atoms with Crippen molar-refractivity contribution in [1.82, 2.24) is 0 Å². The highest BCUT2D eigenvalue weighted by molar-refractivity contribution is 5.92. The van der Waals surface area contributed by atoms with Gasteiger partial charge in [-0.2, -0.15) is 0 Å². The lowest BCUT2D eigenvalue weighted by atomic mass is 9.92. The molecular formula is C17H18O3. The number of benzene rings is 2. The minimum atomic E-state index is -0.981. The average Bonchev–Trinajstić information content (AvgIpc) is 2.46. The first kappa shape index (κ1) is 14.1. The van der Waals surface area contributed by atoms with Crippen molar-refractivity contribution in [2.75, 3.05) is 7.11 Å². The second-order valence-electron chi connectivity index (χ2n) is 4.96. The van der Waals surface area contributed by atoms with Crippen molar-refractivity contribution in [1.29, 1.82) is 0 Å². The maximum Gasteiger partial charge on any atom is 0.339 e. The molecule has 0 aliphatic carbocycles. The Kier molecular flexibility index (Phi) is 4.08. The fourth-order valence-corrected chi connectivity index (χ4v) is 2.30. The molecule has 2 rings (SSSR count). The predicted molar refractivity (Wildman–Crippen MR) is 79.5 cm³/mol. The molecule has 0 spiro atoms. The second kappa shape index (κ2) is 5.78. The smallest absolute Gasteiger partial charge is 0.339 e. The molecule has 0 fully saturated rings. The van der Waals surface area contributed by atoms with Gasteiger partial charge in [0.25, 0.3) is 0 Å². The SMILES string of the molecule is COc1cc(-c2ccccc2C(C)C)ccc1C(=O)O. The van der Waals surface area contributed by atoms with E-state index in [9.17, 15) is 4.79 Å². The van der Waals surface area contributed by atoms with Crippen molar-refractivity contribution < 1.29 is 14.6 Å². The molecule has 0 saturated carbocycles. The van der Waals surface area contributed by atoms with Gasteiger partial charge < -0.3 is 9.84 Å². The lowest BCUT2D eigenvalue weighted by Crippen LogP contribution is -2.01. The van der Waals surface area contributed by atoms with E-state index in [0.29, 0.717) is 11.7 Å². The molecule has 0 unspecified atom stereocenters. The molecule has 2 aromatic rings. The van der Waals surface area contributed by atoms with E-state index in [1.807, 2.05) is 24.3 Å². The Hall–Kier alpha value is -2.29. The monoisotopic (exact) mass is 270 g/mol. The summed E-state index contributed by atoms with van der Waals surface area (Å²) >= 11 is 0. The summed E-state index contributed by atoms with van der Waals surface area (Å²) in [5.74, 6) is -0.199. The summed E-state index contributed by atoms with van der Waals surface area (Å²) in [6.07, 6.45) is 0. The second-order valence-corrected chi connectivity index (χ2v) is 4.96. The summed E-state index contributed by atoms with van der Waals surface area (Å²) < 4.78 is 5.19. The van der Waals surface area contributed by atoms with Crippen molar-refractivity contribution >= 4 is 5.97 Å². The van der Waals surface area contributed by atoms with E-state index in [4.69, 9.17) is 9.84 Å². The minimum Gasteiger partial charge on any atom is -0.496 e. The summed E-state index contributed by atoms with van der Waals surface area (Å²) in [5, 5.41) is 9.12. The van der Waals surface area contributed by atoms with Gasteiger partial charge in [0.2, 0.25) is 0 Å². The lowest BCUT2D eigenvalue weighted by Gasteiger charge is -2.14. The summed E-state index contributed by atoms with van der Waals surface area (Å²) in [4.78, 5) is 11.1. The zero-order valence-electron chi connectivity index (χ0n) is 11.9. The van der Waals surface area contributed by atoms with Crippen LogP contribution in [0.4, 0.5) is 0 Å². The van der Waals surface area contributed by atoms with E-state index in [1.54, 1.807) is 12.1 Å². The van der Waals surface area contributed by atoms with Gasteiger partial charge in [0, 0.05) is 0 Å². The van der Waals surface area contributed by atoms with Gasteiger partial charge in [-0.3, -0.25) is 0 Å². The Morgan fingerprint density at radius 3 is 2.45 bits per heavy atom. The molecule has 3 heteroatoms. The van der Waals surface area contributed by atoms with E-state index in [0.717, 1.165) is 11.1 Å². The standard InChI is InChI=1S/C17H18O3/c1-11(2)13-6-4-5-7-14(13)12-8-9-15(17(18)19)16(10-12)20-3/h4-11H,1-3H3,(H,18,19). The Balaban J connectivity index is 2.57. The van der Waals surface area contributed by atoms with E-state index in [1.165, 1.54) is 12.7 Å². The van der Waals surface area contributed by atoms with E-state index in [2.05, 4.69) is 19.9 Å². The molecule has 0 saturated heterocycles. The van der Waals surface area contributed by atoms with Crippen LogP contribution >= 0.6 is 0 Å². The fraction of sp³-hybridized carbons (Fsp3) is 0.235. The molecule has 2 aromatic carbocycles. The van der Waals surface area contributed by atoms with Gasteiger partial charge in [-0.05, 0) is 34.7 Å². The molecule has 0 aliphatic rings. The maximum atomic E-state index is 11.1. The number of carbonyl (C=O) groups is 1. The van der Waals surface area contributed by atoms with Crippen LogP contribution in [0, 0.1) is 0 Å². The highest BCUT2D eigenvalue weighted by atomic mass is 16.5. The zero-order valence-corrected chi connectivity index (χ0v) is 11.9. The van der Waals surface area contributed by atoms with Crippen LogP contribution < -0.4 is 4.74 Å². The van der Waals surface area contributed by atoms with Crippen molar-refractivity contribution in [2.45, 2.75) is 19.8 Å². The highest BCUT2D eigenvalue weighted by Gasteiger charge is 2.14. The summed E-state index contributed by atoms with van der Waals surface area (Å²) in [6, 6.07) is 13.3. The number of hydrogen-bond donors (Lipinski definition) is 1. The van der Waals surface area contributed by atoms with Gasteiger partial charge in [0.1, 0.15) is 11.3 Å². The lowest BCUT2D eigenvalue weighted by molar-refractivity contribution is 0.0693. The number of carboxylic acid groups (broad SMARTS) is 1. The Labute approximate surface area is 118 Å². The summed E-state index contributed by atoms with van der Waals surface area (Å²) in [7, 11) is 1.49. The Bertz CT molecular complexity index is 630. The number of ether oxygens (including phenoxy) is 1. The molecule has 20 heavy (non-hydrogen) atoms. The number of carboxylic acids is 1. The maximum absolute atomic E-state index is 11.1.